The summed E-state index contributed by atoms with van der Waals surface area (Å²) < 4.78 is 12.4. The Kier molecular flexibility index (Phi) is 5.31. The van der Waals surface area contributed by atoms with Crippen LogP contribution in [0.25, 0.3) is 23.0 Å². The van der Waals surface area contributed by atoms with Crippen LogP contribution in [0.4, 0.5) is 5.69 Å². The van der Waals surface area contributed by atoms with Gasteiger partial charge in [-0.2, -0.15) is 4.98 Å². The lowest BCUT2D eigenvalue weighted by Crippen LogP contribution is -2.19. The fourth-order valence-corrected chi connectivity index (χ4v) is 3.07. The lowest BCUT2D eigenvalue weighted by atomic mass is 10.2. The molecule has 8 heteroatoms. The molecule has 7 nitrogen and oxygen atoms in total. The van der Waals surface area contributed by atoms with Crippen molar-refractivity contribution in [2.24, 2.45) is 0 Å². The first-order valence-corrected chi connectivity index (χ1v) is 9.20. The third-order valence-corrected chi connectivity index (χ3v) is 4.49. The van der Waals surface area contributed by atoms with Crippen LogP contribution in [0.15, 0.2) is 71.4 Å². The summed E-state index contributed by atoms with van der Waals surface area (Å²) in [6.45, 7) is 0.0566. The molecule has 0 saturated carbocycles. The van der Waals surface area contributed by atoms with E-state index in [1.54, 1.807) is 29.0 Å². The van der Waals surface area contributed by atoms with Gasteiger partial charge >= 0.3 is 0 Å². The lowest BCUT2D eigenvalue weighted by Gasteiger charge is -2.11. The van der Waals surface area contributed by atoms with E-state index in [0.29, 0.717) is 33.9 Å². The summed E-state index contributed by atoms with van der Waals surface area (Å²) in [6.07, 6.45) is 1.77. The van der Waals surface area contributed by atoms with Gasteiger partial charge in [-0.05, 0) is 30.3 Å². The van der Waals surface area contributed by atoms with E-state index in [-0.39, 0.29) is 12.5 Å². The van der Waals surface area contributed by atoms with Crippen LogP contribution in [0.2, 0.25) is 5.02 Å². The summed E-state index contributed by atoms with van der Waals surface area (Å²) in [5, 5.41) is 7.35. The molecule has 0 bridgehead atoms. The van der Waals surface area contributed by atoms with Crippen molar-refractivity contribution >= 4 is 23.2 Å². The van der Waals surface area contributed by atoms with E-state index in [1.807, 2.05) is 42.5 Å². The Morgan fingerprint density at radius 3 is 2.79 bits per heavy atom. The van der Waals surface area contributed by atoms with Crippen molar-refractivity contribution in [3.8, 4) is 28.7 Å². The summed E-state index contributed by atoms with van der Waals surface area (Å²) in [5.74, 6) is 1.11. The van der Waals surface area contributed by atoms with Gasteiger partial charge in [-0.1, -0.05) is 47.1 Å². The number of hydrogen-bond donors (Lipinski definition) is 1. The van der Waals surface area contributed by atoms with Crippen molar-refractivity contribution in [3.05, 3.63) is 71.9 Å². The van der Waals surface area contributed by atoms with Gasteiger partial charge < -0.3 is 19.1 Å². The minimum absolute atomic E-state index is 0.0566. The Hall–Kier alpha value is -3.58. The van der Waals surface area contributed by atoms with Crippen LogP contribution in [0.5, 0.6) is 5.75 Å². The molecule has 0 aliphatic rings. The molecule has 146 valence electrons. The maximum Gasteiger partial charge on any atom is 0.274 e. The van der Waals surface area contributed by atoms with Gasteiger partial charge in [-0.3, -0.25) is 4.79 Å². The highest BCUT2D eigenvalue weighted by Crippen LogP contribution is 2.28. The van der Waals surface area contributed by atoms with E-state index >= 15 is 0 Å². The topological polar surface area (TPSA) is 82.2 Å². The van der Waals surface area contributed by atoms with Crippen LogP contribution < -0.4 is 10.1 Å². The second-order valence-electron chi connectivity index (χ2n) is 6.20. The number of benzene rings is 2. The molecule has 4 rings (SSSR count). The normalized spacial score (nSPS) is 10.7. The second-order valence-corrected chi connectivity index (χ2v) is 6.64. The van der Waals surface area contributed by atoms with Crippen LogP contribution in [0, 0.1) is 0 Å². The minimum Gasteiger partial charge on any atom is -0.495 e. The SMILES string of the molecule is COc1ccc(Cl)cc1NC(=O)Cn1cccc1-c1nc(-c2ccccc2)no1. The largest absolute Gasteiger partial charge is 0.495 e. The Morgan fingerprint density at radius 2 is 2.00 bits per heavy atom. The fourth-order valence-electron chi connectivity index (χ4n) is 2.90. The summed E-state index contributed by atoms with van der Waals surface area (Å²) in [7, 11) is 1.53. The second kappa shape index (κ2) is 8.20. The number of methoxy groups -OCH3 is 1. The monoisotopic (exact) mass is 408 g/mol. The van der Waals surface area contributed by atoms with Gasteiger partial charge in [0.25, 0.3) is 5.89 Å². The number of nitrogens with zero attached hydrogens (tertiary/aromatic N) is 3. The zero-order valence-electron chi connectivity index (χ0n) is 15.5. The average Bonchev–Trinajstić information content (AvgIpc) is 3.38. The van der Waals surface area contributed by atoms with Gasteiger partial charge in [-0.25, -0.2) is 0 Å². The molecule has 0 radical (unpaired) electrons. The minimum atomic E-state index is -0.245. The maximum atomic E-state index is 12.6. The Balaban J connectivity index is 1.52. The number of ether oxygens (including phenoxy) is 1. The number of carbonyl (C=O) groups is 1. The molecular formula is C21H17ClN4O3. The number of nitrogens with one attached hydrogen (secondary N) is 1. The zero-order valence-corrected chi connectivity index (χ0v) is 16.3. The van der Waals surface area contributed by atoms with E-state index < -0.39 is 0 Å². The molecule has 0 fully saturated rings. The van der Waals surface area contributed by atoms with E-state index in [4.69, 9.17) is 20.9 Å². The van der Waals surface area contributed by atoms with E-state index in [9.17, 15) is 4.79 Å². The van der Waals surface area contributed by atoms with Crippen molar-refractivity contribution in [3.63, 3.8) is 0 Å². The number of anilines is 1. The summed E-state index contributed by atoms with van der Waals surface area (Å²) in [4.78, 5) is 17.0. The fraction of sp³-hybridized carbons (Fsp3) is 0.0952. The highest BCUT2D eigenvalue weighted by atomic mass is 35.5. The average molecular weight is 409 g/mol. The molecule has 0 aliphatic carbocycles. The number of halogens is 1. The summed E-state index contributed by atoms with van der Waals surface area (Å²) in [6, 6.07) is 18.2. The molecule has 0 aliphatic heterocycles. The number of carbonyl (C=O) groups excluding carboxylic acids is 1. The first-order valence-electron chi connectivity index (χ1n) is 8.82. The first-order chi connectivity index (χ1) is 14.1. The quantitative estimate of drug-likeness (QED) is 0.507. The maximum absolute atomic E-state index is 12.6. The van der Waals surface area contributed by atoms with E-state index in [2.05, 4.69) is 15.5 Å². The molecule has 0 saturated heterocycles. The van der Waals surface area contributed by atoms with Crippen LogP contribution >= 0.6 is 11.6 Å². The smallest absolute Gasteiger partial charge is 0.274 e. The van der Waals surface area contributed by atoms with Gasteiger partial charge in [0.2, 0.25) is 11.7 Å². The van der Waals surface area contributed by atoms with Crippen molar-refractivity contribution in [1.82, 2.24) is 14.7 Å². The first kappa shape index (κ1) is 18.8. The third-order valence-electron chi connectivity index (χ3n) is 4.26. The van der Waals surface area contributed by atoms with Crippen LogP contribution in [0.3, 0.4) is 0 Å². The predicted octanol–water partition coefficient (Wildman–Crippen LogP) is 4.51. The summed E-state index contributed by atoms with van der Waals surface area (Å²) >= 11 is 6.02. The Morgan fingerprint density at radius 1 is 1.17 bits per heavy atom. The molecule has 0 unspecified atom stereocenters. The molecule has 2 aromatic heterocycles. The molecule has 1 N–H and O–H groups in total. The van der Waals surface area contributed by atoms with Gasteiger partial charge in [0.1, 0.15) is 18.0 Å². The van der Waals surface area contributed by atoms with Crippen LogP contribution in [-0.4, -0.2) is 27.7 Å². The van der Waals surface area contributed by atoms with Crippen LogP contribution in [0.1, 0.15) is 0 Å². The summed E-state index contributed by atoms with van der Waals surface area (Å²) in [5.41, 5.74) is 2.00. The van der Waals surface area contributed by atoms with Crippen LogP contribution in [-0.2, 0) is 11.3 Å². The number of aromatic nitrogens is 3. The van der Waals surface area contributed by atoms with Gasteiger partial charge in [0, 0.05) is 16.8 Å². The molecule has 0 atom stereocenters. The van der Waals surface area contributed by atoms with E-state index in [1.165, 1.54) is 7.11 Å². The zero-order chi connectivity index (χ0) is 20.2. The van der Waals surface area contributed by atoms with Crippen molar-refractivity contribution in [1.29, 1.82) is 0 Å². The molecule has 4 aromatic rings. The number of rotatable bonds is 6. The van der Waals surface area contributed by atoms with Crippen molar-refractivity contribution in [2.75, 3.05) is 12.4 Å². The molecule has 1 amide bonds. The van der Waals surface area contributed by atoms with Crippen molar-refractivity contribution in [2.45, 2.75) is 6.54 Å². The Labute approximate surface area is 171 Å². The molecule has 2 aromatic carbocycles. The van der Waals surface area contributed by atoms with Gasteiger partial charge in [0.15, 0.2) is 0 Å². The lowest BCUT2D eigenvalue weighted by molar-refractivity contribution is -0.116. The number of hydrogen-bond acceptors (Lipinski definition) is 5. The Bertz CT molecular complexity index is 1140. The van der Waals surface area contributed by atoms with Gasteiger partial charge in [-0.15, -0.1) is 0 Å². The van der Waals surface area contributed by atoms with Crippen molar-refractivity contribution < 1.29 is 14.1 Å². The predicted molar refractivity (Wildman–Crippen MR) is 110 cm³/mol. The molecular weight excluding hydrogens is 392 g/mol. The van der Waals surface area contributed by atoms with Gasteiger partial charge in [0.05, 0.1) is 12.8 Å². The number of amides is 1. The molecule has 0 spiro atoms. The van der Waals surface area contributed by atoms with E-state index in [0.717, 1.165) is 5.56 Å². The molecule has 2 heterocycles. The standard InChI is InChI=1S/C21H17ClN4O3/c1-28-18-10-9-15(22)12-16(18)23-19(27)13-26-11-5-8-17(26)21-24-20(25-29-21)14-6-3-2-4-7-14/h2-12H,13H2,1H3,(H,23,27). The highest BCUT2D eigenvalue weighted by Gasteiger charge is 2.16. The highest BCUT2D eigenvalue weighted by molar-refractivity contribution is 6.31. The third kappa shape index (κ3) is 4.14. The molecule has 29 heavy (non-hydrogen) atoms.